The molecule has 2 nitrogen and oxygen atoms in total. The smallest absolute Gasteiger partial charge is 0.0490 e. The lowest BCUT2D eigenvalue weighted by Crippen LogP contribution is -2.25. The Kier molecular flexibility index (Phi) is 5.61. The first-order valence-corrected chi connectivity index (χ1v) is 13.2. The summed E-state index contributed by atoms with van der Waals surface area (Å²) in [7, 11) is 0. The number of nitrogens with zero attached hydrogens (tertiary/aromatic N) is 2. The van der Waals surface area contributed by atoms with Crippen LogP contribution in [0.4, 0.5) is 11.4 Å². The average molecular weight is 578 g/mol. The first kappa shape index (κ1) is 23.4. The maximum Gasteiger partial charge on any atom is 0.0490 e. The van der Waals surface area contributed by atoms with E-state index in [1.54, 1.807) is 0 Å². The van der Waals surface area contributed by atoms with Crippen molar-refractivity contribution in [3.8, 4) is 0 Å². The number of anilines is 2. The maximum absolute atomic E-state index is 4.46. The minimum Gasteiger partial charge on any atom is -0.340 e. The predicted octanol–water partition coefficient (Wildman–Crippen LogP) is 8.83. The second kappa shape index (κ2) is 8.13. The molecule has 0 radical (unpaired) electrons. The molecule has 0 aromatic heterocycles. The number of benzene rings is 3. The summed E-state index contributed by atoms with van der Waals surface area (Å²) < 4.78 is 2.22. The van der Waals surface area contributed by atoms with Gasteiger partial charge in [-0.3, -0.25) is 0 Å². The molecule has 174 valence electrons. The van der Waals surface area contributed by atoms with E-state index in [9.17, 15) is 0 Å². The van der Waals surface area contributed by atoms with Crippen LogP contribution in [0.2, 0.25) is 0 Å². The summed E-state index contributed by atoms with van der Waals surface area (Å²) >= 11 is 7.76. The molecule has 34 heavy (non-hydrogen) atoms. The predicted molar refractivity (Wildman–Crippen MR) is 151 cm³/mol. The van der Waals surface area contributed by atoms with Crippen molar-refractivity contribution in [2.45, 2.75) is 51.6 Å². The molecule has 0 N–H and O–H groups in total. The minimum absolute atomic E-state index is 0.0729. The monoisotopic (exact) mass is 576 g/mol. The molecule has 0 atom stereocenters. The lowest BCUT2D eigenvalue weighted by atomic mass is 9.84. The van der Waals surface area contributed by atoms with E-state index in [1.165, 1.54) is 33.6 Å². The Morgan fingerprint density at radius 1 is 0.647 bits per heavy atom. The van der Waals surface area contributed by atoms with E-state index in [4.69, 9.17) is 0 Å². The van der Waals surface area contributed by atoms with Gasteiger partial charge in [-0.05, 0) is 46.5 Å². The van der Waals surface area contributed by atoms with Gasteiger partial charge in [-0.15, -0.1) is 0 Å². The molecule has 5 rings (SSSR count). The van der Waals surface area contributed by atoms with Gasteiger partial charge in [0.1, 0.15) is 0 Å². The standard InChI is InChI=1S/C30H30Br2N2/c1-19-29(3,4)23-11-7-9-13-27(23)33(19)17-21-15-26(32)22(16-25(21)31)18-34-20(2)30(5,6)24-12-8-10-14-28(24)34/h7-16H,1-2,17-18H2,3-6H3. The largest absolute Gasteiger partial charge is 0.340 e. The molecule has 2 heterocycles. The van der Waals surface area contributed by atoms with Gasteiger partial charge in [-0.25, -0.2) is 0 Å². The third-order valence-electron chi connectivity index (χ3n) is 7.70. The van der Waals surface area contributed by atoms with Crippen LogP contribution in [0, 0.1) is 0 Å². The third-order valence-corrected chi connectivity index (χ3v) is 9.18. The fourth-order valence-corrected chi connectivity index (χ4v) is 6.36. The third kappa shape index (κ3) is 3.49. The van der Waals surface area contributed by atoms with Gasteiger partial charge in [0.2, 0.25) is 0 Å². The van der Waals surface area contributed by atoms with Crippen molar-refractivity contribution in [3.63, 3.8) is 0 Å². The SMILES string of the molecule is C=C1N(Cc2cc(Br)c(CN3C(=C)C(C)(C)c4ccccc43)cc2Br)c2ccccc2C1(C)C. The zero-order valence-electron chi connectivity index (χ0n) is 20.3. The van der Waals surface area contributed by atoms with Crippen LogP contribution in [0.25, 0.3) is 0 Å². The number of hydrogen-bond acceptors (Lipinski definition) is 2. The molecule has 2 aliphatic rings. The molecule has 0 bridgehead atoms. The zero-order valence-corrected chi connectivity index (χ0v) is 23.4. The van der Waals surface area contributed by atoms with Crippen LogP contribution in [0.15, 0.2) is 94.2 Å². The normalized spacial score (nSPS) is 17.8. The van der Waals surface area contributed by atoms with Crippen molar-refractivity contribution < 1.29 is 0 Å². The molecule has 0 amide bonds. The van der Waals surface area contributed by atoms with Crippen LogP contribution < -0.4 is 9.80 Å². The van der Waals surface area contributed by atoms with E-state index in [0.29, 0.717) is 0 Å². The molecule has 2 aliphatic heterocycles. The summed E-state index contributed by atoms with van der Waals surface area (Å²) in [5.41, 5.74) is 9.74. The van der Waals surface area contributed by atoms with E-state index >= 15 is 0 Å². The van der Waals surface area contributed by atoms with Crippen molar-refractivity contribution in [3.05, 3.63) is 116 Å². The van der Waals surface area contributed by atoms with E-state index in [2.05, 4.69) is 143 Å². The topological polar surface area (TPSA) is 6.48 Å². The van der Waals surface area contributed by atoms with Crippen LogP contribution in [0.3, 0.4) is 0 Å². The Bertz CT molecular complexity index is 1230. The first-order chi connectivity index (χ1) is 16.0. The molecule has 3 aromatic rings. The van der Waals surface area contributed by atoms with Crippen molar-refractivity contribution in [1.29, 1.82) is 0 Å². The Labute approximate surface area is 220 Å². The zero-order chi connectivity index (χ0) is 24.4. The summed E-state index contributed by atoms with van der Waals surface area (Å²) in [6, 6.07) is 21.8. The second-order valence-corrected chi connectivity index (χ2v) is 12.1. The maximum atomic E-state index is 4.46. The van der Waals surface area contributed by atoms with Crippen LogP contribution in [0.1, 0.15) is 49.9 Å². The Hall–Kier alpha value is -2.30. The summed E-state index contributed by atoms with van der Waals surface area (Å²) in [4.78, 5) is 4.70. The number of rotatable bonds is 4. The molecule has 0 fully saturated rings. The second-order valence-electron chi connectivity index (χ2n) is 10.4. The molecule has 3 aromatic carbocycles. The fraction of sp³-hybridized carbons (Fsp3) is 0.267. The van der Waals surface area contributed by atoms with Crippen LogP contribution in [-0.2, 0) is 23.9 Å². The van der Waals surface area contributed by atoms with Gasteiger partial charge in [0, 0.05) is 55.6 Å². The Morgan fingerprint density at radius 2 is 1.00 bits per heavy atom. The lowest BCUT2D eigenvalue weighted by Gasteiger charge is -2.28. The first-order valence-electron chi connectivity index (χ1n) is 11.6. The highest BCUT2D eigenvalue weighted by atomic mass is 79.9. The number of fused-ring (bicyclic) bond motifs is 2. The van der Waals surface area contributed by atoms with Gasteiger partial charge >= 0.3 is 0 Å². The number of para-hydroxylation sites is 2. The van der Waals surface area contributed by atoms with Gasteiger partial charge in [-0.1, -0.05) is 109 Å². The number of hydrogen-bond donors (Lipinski definition) is 0. The summed E-state index contributed by atoms with van der Waals surface area (Å²) in [6.07, 6.45) is 0. The molecular formula is C30H30Br2N2. The van der Waals surface area contributed by atoms with E-state index in [0.717, 1.165) is 33.4 Å². The number of allylic oxidation sites excluding steroid dienone is 2. The van der Waals surface area contributed by atoms with Gasteiger partial charge in [0.15, 0.2) is 0 Å². The fourth-order valence-electron chi connectivity index (χ4n) is 5.32. The van der Waals surface area contributed by atoms with Gasteiger partial charge in [-0.2, -0.15) is 0 Å². The molecule has 4 heteroatoms. The molecule has 0 saturated carbocycles. The number of halogens is 2. The highest BCUT2D eigenvalue weighted by Crippen LogP contribution is 2.49. The van der Waals surface area contributed by atoms with Gasteiger partial charge < -0.3 is 9.80 Å². The Morgan fingerprint density at radius 3 is 1.38 bits per heavy atom. The highest BCUT2D eigenvalue weighted by Gasteiger charge is 2.40. The highest BCUT2D eigenvalue weighted by molar-refractivity contribution is 9.11. The minimum atomic E-state index is -0.0729. The van der Waals surface area contributed by atoms with Crippen LogP contribution in [0.5, 0.6) is 0 Å². The van der Waals surface area contributed by atoms with Crippen LogP contribution >= 0.6 is 31.9 Å². The van der Waals surface area contributed by atoms with Crippen molar-refractivity contribution >= 4 is 43.2 Å². The Balaban J connectivity index is 1.45. The molecule has 0 unspecified atom stereocenters. The summed E-state index contributed by atoms with van der Waals surface area (Å²) in [5, 5.41) is 0. The molecule has 0 saturated heterocycles. The summed E-state index contributed by atoms with van der Waals surface area (Å²) in [5.74, 6) is 0. The van der Waals surface area contributed by atoms with Crippen molar-refractivity contribution in [2.75, 3.05) is 9.80 Å². The quantitative estimate of drug-likeness (QED) is 0.305. The van der Waals surface area contributed by atoms with E-state index in [1.807, 2.05) is 0 Å². The average Bonchev–Trinajstić information content (AvgIpc) is 3.12. The molecule has 0 aliphatic carbocycles. The van der Waals surface area contributed by atoms with Gasteiger partial charge in [0.25, 0.3) is 0 Å². The van der Waals surface area contributed by atoms with Crippen LogP contribution in [-0.4, -0.2) is 0 Å². The van der Waals surface area contributed by atoms with E-state index in [-0.39, 0.29) is 10.8 Å². The molecular weight excluding hydrogens is 548 g/mol. The van der Waals surface area contributed by atoms with Crippen molar-refractivity contribution in [1.82, 2.24) is 0 Å². The van der Waals surface area contributed by atoms with Crippen molar-refractivity contribution in [2.24, 2.45) is 0 Å². The van der Waals surface area contributed by atoms with E-state index < -0.39 is 0 Å². The van der Waals surface area contributed by atoms with Gasteiger partial charge in [0.05, 0.1) is 0 Å². The lowest BCUT2D eigenvalue weighted by molar-refractivity contribution is 0.632. The summed E-state index contributed by atoms with van der Waals surface area (Å²) in [6.45, 7) is 19.5. The molecule has 0 spiro atoms.